The Balaban J connectivity index is 1.59. The molecule has 2 unspecified atom stereocenters. The average Bonchev–Trinajstić information content (AvgIpc) is 3.24. The number of benzene rings is 1. The zero-order chi connectivity index (χ0) is 23.9. The van der Waals surface area contributed by atoms with Gasteiger partial charge >= 0.3 is 0 Å². The summed E-state index contributed by atoms with van der Waals surface area (Å²) >= 11 is 6.40. The van der Waals surface area contributed by atoms with Crippen molar-refractivity contribution in [2.45, 2.75) is 31.3 Å². The number of H-pyrrole nitrogens is 1. The van der Waals surface area contributed by atoms with Gasteiger partial charge in [-0.25, -0.2) is 4.98 Å². The van der Waals surface area contributed by atoms with E-state index in [1.54, 1.807) is 19.4 Å². The molecule has 0 fully saturated rings. The van der Waals surface area contributed by atoms with Gasteiger partial charge in [-0.1, -0.05) is 29.8 Å². The second kappa shape index (κ2) is 8.85. The van der Waals surface area contributed by atoms with Crippen LogP contribution in [0.3, 0.4) is 0 Å². The fourth-order valence-corrected chi connectivity index (χ4v) is 5.33. The zero-order valence-corrected chi connectivity index (χ0v) is 20.0. The summed E-state index contributed by atoms with van der Waals surface area (Å²) in [6.07, 6.45) is 8.85. The Morgan fingerprint density at radius 2 is 2.11 bits per heavy atom. The molecule has 5 heterocycles. The first-order valence-electron chi connectivity index (χ1n) is 11.8. The van der Waals surface area contributed by atoms with Gasteiger partial charge in [0.15, 0.2) is 17.3 Å². The number of aromatic amines is 1. The van der Waals surface area contributed by atoms with Crippen molar-refractivity contribution < 1.29 is 14.3 Å². The van der Waals surface area contributed by atoms with Crippen molar-refractivity contribution in [1.82, 2.24) is 15.3 Å². The zero-order valence-electron chi connectivity index (χ0n) is 19.3. The molecule has 3 aliphatic heterocycles. The van der Waals surface area contributed by atoms with E-state index in [0.717, 1.165) is 36.2 Å². The topological polar surface area (TPSA) is 100 Å². The number of carbonyl (C=O) groups excluding carboxylic acids is 1. The van der Waals surface area contributed by atoms with Gasteiger partial charge in [-0.15, -0.1) is 0 Å². The van der Waals surface area contributed by atoms with E-state index in [0.29, 0.717) is 52.4 Å². The molecule has 2 atom stereocenters. The van der Waals surface area contributed by atoms with E-state index >= 15 is 0 Å². The third-order valence-corrected chi connectivity index (χ3v) is 7.10. The number of nitrogens with one attached hydrogen (secondary N) is 4. The number of nitrogens with zero attached hydrogens (tertiary/aromatic N) is 1. The van der Waals surface area contributed by atoms with Crippen LogP contribution in [0, 0.1) is 0 Å². The average molecular weight is 492 g/mol. The smallest absolute Gasteiger partial charge is 0.255 e. The molecule has 180 valence electrons. The molecular formula is C26H26ClN5O3. The van der Waals surface area contributed by atoms with Crippen molar-refractivity contribution in [3.05, 3.63) is 58.9 Å². The predicted octanol–water partition coefficient (Wildman–Crippen LogP) is 5.22. The van der Waals surface area contributed by atoms with E-state index < -0.39 is 0 Å². The lowest BCUT2D eigenvalue weighted by molar-refractivity contribution is 0.0941. The predicted molar refractivity (Wildman–Crippen MR) is 136 cm³/mol. The molecule has 8 nitrogen and oxygen atoms in total. The monoisotopic (exact) mass is 491 g/mol. The third-order valence-electron chi connectivity index (χ3n) is 6.80. The molecule has 0 aliphatic carbocycles. The summed E-state index contributed by atoms with van der Waals surface area (Å²) in [5.41, 5.74) is 4.42. The number of para-hydroxylation sites is 1. The lowest BCUT2D eigenvalue weighted by atomic mass is 9.93. The Morgan fingerprint density at radius 3 is 3.00 bits per heavy atom. The van der Waals surface area contributed by atoms with Gasteiger partial charge in [0.1, 0.15) is 6.10 Å². The number of pyridine rings is 1. The maximum absolute atomic E-state index is 13.2. The van der Waals surface area contributed by atoms with E-state index in [2.05, 4.69) is 38.1 Å². The summed E-state index contributed by atoms with van der Waals surface area (Å²) in [7, 11) is 1.58. The highest BCUT2D eigenvalue weighted by Crippen LogP contribution is 2.47. The van der Waals surface area contributed by atoms with Gasteiger partial charge in [-0.2, -0.15) is 0 Å². The first kappa shape index (κ1) is 21.9. The maximum Gasteiger partial charge on any atom is 0.255 e. The van der Waals surface area contributed by atoms with Gasteiger partial charge in [0.2, 0.25) is 0 Å². The Morgan fingerprint density at radius 1 is 1.20 bits per heavy atom. The van der Waals surface area contributed by atoms with Crippen LogP contribution in [0.5, 0.6) is 11.5 Å². The minimum Gasteiger partial charge on any atom is -0.493 e. The van der Waals surface area contributed by atoms with Crippen LogP contribution in [-0.2, 0) is 0 Å². The number of aromatic nitrogens is 2. The first-order valence-corrected chi connectivity index (χ1v) is 12.2. The summed E-state index contributed by atoms with van der Waals surface area (Å²) in [5, 5.41) is 10.4. The van der Waals surface area contributed by atoms with Crippen LogP contribution in [0.2, 0.25) is 5.02 Å². The molecule has 3 aliphatic rings. The van der Waals surface area contributed by atoms with Crippen molar-refractivity contribution in [1.29, 1.82) is 0 Å². The molecule has 1 aromatic carbocycles. The molecule has 0 saturated heterocycles. The van der Waals surface area contributed by atoms with E-state index in [1.807, 2.05) is 18.2 Å². The number of halogens is 1. The molecule has 9 heteroatoms. The number of ether oxygens (including phenoxy) is 2. The largest absolute Gasteiger partial charge is 0.493 e. The molecule has 3 aromatic rings. The fourth-order valence-electron chi connectivity index (χ4n) is 5.08. The number of amides is 1. The standard InChI is InChI=1S/C26H26ClN5O3/c1-34-24-17(27)8-5-9-18(24)31-22-19-20-14(12-30-26(19)33)6-3-2-4-7-15-13-29-25-23(35-15)16(10-11-28-25)21(22)32-20/h2-3,5,8-11,14-15,31-32H,4,6-7,12-13H2,1H3,(H,28,29)(H,30,33)/b3-2-. The lowest BCUT2D eigenvalue weighted by Gasteiger charge is -2.28. The number of hydrogen-bond acceptors (Lipinski definition) is 6. The van der Waals surface area contributed by atoms with Crippen LogP contribution >= 0.6 is 11.6 Å². The Labute approximate surface area is 208 Å². The molecule has 4 N–H and O–H groups in total. The second-order valence-corrected chi connectivity index (χ2v) is 9.36. The van der Waals surface area contributed by atoms with E-state index in [1.165, 1.54) is 0 Å². The third kappa shape index (κ3) is 3.78. The summed E-state index contributed by atoms with van der Waals surface area (Å²) < 4.78 is 12.0. The molecule has 0 radical (unpaired) electrons. The molecule has 4 bridgehead atoms. The number of carbonyl (C=O) groups is 1. The number of rotatable bonds is 3. The van der Waals surface area contributed by atoms with Crippen molar-refractivity contribution in [3.8, 4) is 22.8 Å². The Bertz CT molecular complexity index is 1330. The molecule has 0 saturated carbocycles. The van der Waals surface area contributed by atoms with Crippen molar-refractivity contribution >= 4 is 34.7 Å². The number of allylic oxidation sites excluding steroid dienone is 2. The molecule has 1 amide bonds. The summed E-state index contributed by atoms with van der Waals surface area (Å²) in [4.78, 5) is 21.3. The van der Waals surface area contributed by atoms with E-state index in [4.69, 9.17) is 21.1 Å². The maximum atomic E-state index is 13.2. The molecule has 0 spiro atoms. The summed E-state index contributed by atoms with van der Waals surface area (Å²) in [6.45, 7) is 1.28. The fraction of sp³-hybridized carbons (Fsp3) is 0.308. The molecule has 6 rings (SSSR count). The van der Waals surface area contributed by atoms with Gasteiger partial charge in [-0.05, 0) is 37.5 Å². The SMILES string of the molecule is COc1c(Cl)cccc1Nc1c2[nH]c3c1C(=O)NCC3C/C=C\CCC1CNc3nccc-2c3O1. The normalized spacial score (nSPS) is 21.3. The Hall–Kier alpha value is -3.65. The highest BCUT2D eigenvalue weighted by Gasteiger charge is 2.34. The number of anilines is 3. The minimum absolute atomic E-state index is 0.0289. The van der Waals surface area contributed by atoms with E-state index in [9.17, 15) is 4.79 Å². The second-order valence-electron chi connectivity index (χ2n) is 8.96. The summed E-state index contributed by atoms with van der Waals surface area (Å²) in [5.74, 6) is 1.89. The minimum atomic E-state index is -0.127. The highest BCUT2D eigenvalue weighted by molar-refractivity contribution is 6.32. The van der Waals surface area contributed by atoms with Crippen LogP contribution in [0.25, 0.3) is 11.3 Å². The van der Waals surface area contributed by atoms with Crippen molar-refractivity contribution in [3.63, 3.8) is 0 Å². The van der Waals surface area contributed by atoms with Gasteiger partial charge < -0.3 is 30.4 Å². The highest BCUT2D eigenvalue weighted by atomic mass is 35.5. The molecular weight excluding hydrogens is 466 g/mol. The quantitative estimate of drug-likeness (QED) is 0.375. The number of hydrogen-bond donors (Lipinski definition) is 4. The lowest BCUT2D eigenvalue weighted by Crippen LogP contribution is -2.34. The number of methoxy groups -OCH3 is 1. The molecule has 2 aromatic heterocycles. The number of fused-ring (bicyclic) bond motifs is 3. The first-order chi connectivity index (χ1) is 17.1. The van der Waals surface area contributed by atoms with Gasteiger partial charge in [-0.3, -0.25) is 4.79 Å². The van der Waals surface area contributed by atoms with Crippen LogP contribution in [0.4, 0.5) is 17.2 Å². The van der Waals surface area contributed by atoms with Gasteiger partial charge in [0.25, 0.3) is 5.91 Å². The van der Waals surface area contributed by atoms with Crippen LogP contribution in [0.15, 0.2) is 42.6 Å². The van der Waals surface area contributed by atoms with Crippen molar-refractivity contribution in [2.75, 3.05) is 30.8 Å². The van der Waals surface area contributed by atoms with Crippen LogP contribution in [0.1, 0.15) is 41.2 Å². The summed E-state index contributed by atoms with van der Waals surface area (Å²) in [6, 6.07) is 7.41. The van der Waals surface area contributed by atoms with Gasteiger partial charge in [0, 0.05) is 29.9 Å². The Kier molecular flexibility index (Phi) is 5.53. The van der Waals surface area contributed by atoms with Crippen molar-refractivity contribution in [2.24, 2.45) is 0 Å². The molecule has 35 heavy (non-hydrogen) atoms. The van der Waals surface area contributed by atoms with Gasteiger partial charge in [0.05, 0.1) is 41.3 Å². The van der Waals surface area contributed by atoms with Crippen LogP contribution < -0.4 is 25.4 Å². The van der Waals surface area contributed by atoms with E-state index in [-0.39, 0.29) is 17.9 Å². The van der Waals surface area contributed by atoms with Crippen LogP contribution in [-0.4, -0.2) is 42.2 Å².